The molecule has 21 heavy (non-hydrogen) atoms. The first-order valence-corrected chi connectivity index (χ1v) is 7.39. The average molecular weight is 285 g/mol. The number of rotatable bonds is 3. The second-order valence-corrected chi connectivity index (χ2v) is 5.60. The number of hydrogen-bond donors (Lipinski definition) is 3. The number of para-hydroxylation sites is 1. The Labute approximate surface area is 123 Å². The van der Waals surface area contributed by atoms with Gasteiger partial charge in [-0.3, -0.25) is 20.4 Å². The van der Waals surface area contributed by atoms with E-state index in [4.69, 9.17) is 0 Å². The number of carbonyl (C=O) groups is 2. The lowest BCUT2D eigenvalue weighted by atomic mass is 10.0. The van der Waals surface area contributed by atoms with E-state index in [9.17, 15) is 9.59 Å². The molecule has 3 rings (SSSR count). The molecule has 1 saturated carbocycles. The van der Waals surface area contributed by atoms with E-state index in [2.05, 4.69) is 15.8 Å². The van der Waals surface area contributed by atoms with Crippen molar-refractivity contribution >= 4 is 22.7 Å². The monoisotopic (exact) mass is 285 g/mol. The standard InChI is InChI=1S/C16H19N3O2/c20-15(9-11-5-1-2-6-11)18-19-16(21)13-10-17-14-8-4-3-7-12(13)14/h3-4,7-8,10-11,17H,1-2,5-6,9H2,(H,18,20)(H,19,21). The lowest BCUT2D eigenvalue weighted by Gasteiger charge is -2.10. The highest BCUT2D eigenvalue weighted by atomic mass is 16.2. The summed E-state index contributed by atoms with van der Waals surface area (Å²) in [7, 11) is 0. The van der Waals surface area contributed by atoms with Gasteiger partial charge in [-0.05, 0) is 24.8 Å². The normalized spacial score (nSPS) is 15.2. The van der Waals surface area contributed by atoms with E-state index in [1.807, 2.05) is 24.3 Å². The number of fused-ring (bicyclic) bond motifs is 1. The molecule has 1 heterocycles. The second-order valence-electron chi connectivity index (χ2n) is 5.60. The van der Waals surface area contributed by atoms with Crippen LogP contribution in [-0.2, 0) is 4.79 Å². The third kappa shape index (κ3) is 3.07. The van der Waals surface area contributed by atoms with E-state index in [1.54, 1.807) is 6.20 Å². The Morgan fingerprint density at radius 2 is 1.90 bits per heavy atom. The highest BCUT2D eigenvalue weighted by molar-refractivity contribution is 6.07. The zero-order chi connectivity index (χ0) is 14.7. The molecular weight excluding hydrogens is 266 g/mol. The Morgan fingerprint density at radius 3 is 2.71 bits per heavy atom. The molecule has 2 amide bonds. The molecule has 0 bridgehead atoms. The van der Waals surface area contributed by atoms with Crippen LogP contribution in [0.3, 0.4) is 0 Å². The molecule has 1 fully saturated rings. The minimum Gasteiger partial charge on any atom is -0.360 e. The van der Waals surface area contributed by atoms with Crippen LogP contribution in [0.1, 0.15) is 42.5 Å². The van der Waals surface area contributed by atoms with Gasteiger partial charge >= 0.3 is 0 Å². The van der Waals surface area contributed by atoms with Crippen LogP contribution in [0.25, 0.3) is 10.9 Å². The van der Waals surface area contributed by atoms with E-state index >= 15 is 0 Å². The predicted molar refractivity (Wildman–Crippen MR) is 80.5 cm³/mol. The number of amides is 2. The molecule has 0 saturated heterocycles. The SMILES string of the molecule is O=C(CC1CCCC1)NNC(=O)c1c[nH]c2ccccc12. The van der Waals surface area contributed by atoms with Crippen LogP contribution < -0.4 is 10.9 Å². The van der Waals surface area contributed by atoms with Crippen LogP contribution in [0.5, 0.6) is 0 Å². The number of aromatic nitrogens is 1. The van der Waals surface area contributed by atoms with Gasteiger partial charge in [-0.2, -0.15) is 0 Å². The number of aromatic amines is 1. The smallest absolute Gasteiger partial charge is 0.271 e. The Balaban J connectivity index is 1.57. The summed E-state index contributed by atoms with van der Waals surface area (Å²) in [6.45, 7) is 0. The van der Waals surface area contributed by atoms with Crippen LogP contribution in [0, 0.1) is 5.92 Å². The van der Waals surface area contributed by atoms with Crippen LogP contribution >= 0.6 is 0 Å². The fourth-order valence-electron chi connectivity index (χ4n) is 2.98. The predicted octanol–water partition coefficient (Wildman–Crippen LogP) is 2.51. The molecule has 110 valence electrons. The van der Waals surface area contributed by atoms with Crippen molar-refractivity contribution in [3.63, 3.8) is 0 Å². The lowest BCUT2D eigenvalue weighted by molar-refractivity contribution is -0.122. The number of benzene rings is 1. The maximum atomic E-state index is 12.1. The summed E-state index contributed by atoms with van der Waals surface area (Å²) in [4.78, 5) is 27.0. The molecule has 0 radical (unpaired) electrons. The number of hydrazine groups is 1. The summed E-state index contributed by atoms with van der Waals surface area (Å²) in [5.41, 5.74) is 6.44. The third-order valence-corrected chi connectivity index (χ3v) is 4.10. The van der Waals surface area contributed by atoms with E-state index in [0.717, 1.165) is 23.7 Å². The Bertz CT molecular complexity index is 656. The third-order valence-electron chi connectivity index (χ3n) is 4.10. The van der Waals surface area contributed by atoms with Gasteiger partial charge in [0.25, 0.3) is 5.91 Å². The molecule has 5 heteroatoms. The summed E-state index contributed by atoms with van der Waals surface area (Å²) >= 11 is 0. The van der Waals surface area contributed by atoms with Crippen LogP contribution in [-0.4, -0.2) is 16.8 Å². The molecule has 1 aliphatic rings. The van der Waals surface area contributed by atoms with Gasteiger partial charge < -0.3 is 4.98 Å². The van der Waals surface area contributed by atoms with Crippen molar-refractivity contribution in [1.29, 1.82) is 0 Å². The van der Waals surface area contributed by atoms with E-state index < -0.39 is 0 Å². The van der Waals surface area contributed by atoms with Gasteiger partial charge in [-0.1, -0.05) is 31.0 Å². The minimum atomic E-state index is -0.299. The van der Waals surface area contributed by atoms with Gasteiger partial charge in [0.2, 0.25) is 5.91 Å². The fourth-order valence-corrected chi connectivity index (χ4v) is 2.98. The summed E-state index contributed by atoms with van der Waals surface area (Å²) in [6.07, 6.45) is 6.80. The van der Waals surface area contributed by atoms with Crippen LogP contribution in [0.2, 0.25) is 0 Å². The molecule has 1 aromatic heterocycles. The van der Waals surface area contributed by atoms with Crippen LogP contribution in [0.4, 0.5) is 0 Å². The van der Waals surface area contributed by atoms with Crippen molar-refractivity contribution in [3.05, 3.63) is 36.0 Å². The second kappa shape index (κ2) is 5.99. The average Bonchev–Trinajstić information content (AvgIpc) is 3.13. The van der Waals surface area contributed by atoms with E-state index in [0.29, 0.717) is 17.9 Å². The van der Waals surface area contributed by atoms with Crippen molar-refractivity contribution in [2.45, 2.75) is 32.1 Å². The first kappa shape index (κ1) is 13.7. The molecule has 0 aliphatic heterocycles. The molecule has 1 aromatic carbocycles. The molecule has 0 unspecified atom stereocenters. The number of hydrogen-bond acceptors (Lipinski definition) is 2. The fraction of sp³-hybridized carbons (Fsp3) is 0.375. The molecule has 5 nitrogen and oxygen atoms in total. The quantitative estimate of drug-likeness (QED) is 0.758. The Hall–Kier alpha value is -2.30. The first-order valence-electron chi connectivity index (χ1n) is 7.39. The van der Waals surface area contributed by atoms with E-state index in [1.165, 1.54) is 12.8 Å². The van der Waals surface area contributed by atoms with Gasteiger partial charge in [-0.25, -0.2) is 0 Å². The molecule has 2 aromatic rings. The Morgan fingerprint density at radius 1 is 1.14 bits per heavy atom. The van der Waals surface area contributed by atoms with Crippen molar-refractivity contribution in [2.75, 3.05) is 0 Å². The van der Waals surface area contributed by atoms with Gasteiger partial charge in [0, 0.05) is 23.5 Å². The lowest BCUT2D eigenvalue weighted by Crippen LogP contribution is -2.42. The summed E-state index contributed by atoms with van der Waals surface area (Å²) in [5.74, 6) is 0.0531. The van der Waals surface area contributed by atoms with Gasteiger partial charge in [0.1, 0.15) is 0 Å². The zero-order valence-electron chi connectivity index (χ0n) is 11.8. The molecule has 0 spiro atoms. The van der Waals surface area contributed by atoms with Crippen LogP contribution in [0.15, 0.2) is 30.5 Å². The maximum Gasteiger partial charge on any atom is 0.271 e. The zero-order valence-corrected chi connectivity index (χ0v) is 11.8. The molecule has 3 N–H and O–H groups in total. The summed E-state index contributed by atoms with van der Waals surface area (Å²) in [6, 6.07) is 7.57. The number of H-pyrrole nitrogens is 1. The van der Waals surface area contributed by atoms with Crippen molar-refractivity contribution in [3.8, 4) is 0 Å². The topological polar surface area (TPSA) is 74.0 Å². The van der Waals surface area contributed by atoms with Gasteiger partial charge in [0.05, 0.1) is 5.56 Å². The highest BCUT2D eigenvalue weighted by Crippen LogP contribution is 2.27. The van der Waals surface area contributed by atoms with Crippen molar-refractivity contribution < 1.29 is 9.59 Å². The minimum absolute atomic E-state index is 0.116. The number of carbonyl (C=O) groups excluding carboxylic acids is 2. The van der Waals surface area contributed by atoms with Gasteiger partial charge in [-0.15, -0.1) is 0 Å². The van der Waals surface area contributed by atoms with E-state index in [-0.39, 0.29) is 11.8 Å². The molecule has 1 aliphatic carbocycles. The molecular formula is C16H19N3O2. The van der Waals surface area contributed by atoms with Crippen molar-refractivity contribution in [1.82, 2.24) is 15.8 Å². The number of nitrogens with one attached hydrogen (secondary N) is 3. The van der Waals surface area contributed by atoms with Gasteiger partial charge in [0.15, 0.2) is 0 Å². The van der Waals surface area contributed by atoms with Crippen molar-refractivity contribution in [2.24, 2.45) is 5.92 Å². The maximum absolute atomic E-state index is 12.1. The highest BCUT2D eigenvalue weighted by Gasteiger charge is 2.19. The molecule has 0 atom stereocenters. The first-order chi connectivity index (χ1) is 10.2. The largest absolute Gasteiger partial charge is 0.360 e. The summed E-state index contributed by atoms with van der Waals surface area (Å²) in [5, 5.41) is 0.847. The Kier molecular flexibility index (Phi) is 3.90. The summed E-state index contributed by atoms with van der Waals surface area (Å²) < 4.78 is 0.